The molecule has 1 amide bonds. The second-order valence-electron chi connectivity index (χ2n) is 6.04. The molecule has 0 saturated heterocycles. The van der Waals surface area contributed by atoms with Gasteiger partial charge in [0.15, 0.2) is 5.75 Å². The zero-order valence-electron chi connectivity index (χ0n) is 13.6. The summed E-state index contributed by atoms with van der Waals surface area (Å²) in [4.78, 5) is 23.2. The van der Waals surface area contributed by atoms with E-state index in [-0.39, 0.29) is 22.9 Å². The molecule has 0 aromatic heterocycles. The SMILES string of the molecule is COc1ccc(C(=O)NC2(c3ccc(Cl)cc3)CCC2)cc1[N+](=O)[O-]. The molecule has 130 valence electrons. The van der Waals surface area contributed by atoms with Crippen LogP contribution in [0, 0.1) is 10.1 Å². The van der Waals surface area contributed by atoms with Crippen LogP contribution in [0.5, 0.6) is 5.75 Å². The Morgan fingerprint density at radius 3 is 2.44 bits per heavy atom. The van der Waals surface area contributed by atoms with Crippen LogP contribution >= 0.6 is 11.6 Å². The highest BCUT2D eigenvalue weighted by molar-refractivity contribution is 6.30. The summed E-state index contributed by atoms with van der Waals surface area (Å²) < 4.78 is 4.97. The molecule has 1 fully saturated rings. The molecule has 3 rings (SSSR count). The summed E-state index contributed by atoms with van der Waals surface area (Å²) in [5, 5.41) is 14.8. The number of ether oxygens (including phenoxy) is 1. The topological polar surface area (TPSA) is 81.5 Å². The maximum atomic E-state index is 12.7. The summed E-state index contributed by atoms with van der Waals surface area (Å²) in [6, 6.07) is 11.6. The minimum Gasteiger partial charge on any atom is -0.490 e. The number of hydrogen-bond acceptors (Lipinski definition) is 4. The lowest BCUT2D eigenvalue weighted by atomic mass is 9.71. The number of nitro benzene ring substituents is 1. The molecule has 0 bridgehead atoms. The molecule has 0 unspecified atom stereocenters. The van der Waals surface area contributed by atoms with E-state index in [2.05, 4.69) is 5.32 Å². The second kappa shape index (κ2) is 6.72. The van der Waals surface area contributed by atoms with Crippen LogP contribution in [-0.2, 0) is 5.54 Å². The van der Waals surface area contributed by atoms with Gasteiger partial charge in [-0.05, 0) is 49.1 Å². The van der Waals surface area contributed by atoms with E-state index in [1.165, 1.54) is 25.3 Å². The van der Waals surface area contributed by atoms with Gasteiger partial charge in [-0.1, -0.05) is 23.7 Å². The molecule has 0 heterocycles. The number of carbonyl (C=O) groups excluding carboxylic acids is 1. The third kappa shape index (κ3) is 3.30. The summed E-state index contributed by atoms with van der Waals surface area (Å²) >= 11 is 5.94. The normalized spacial score (nSPS) is 15.1. The number of nitrogens with one attached hydrogen (secondary N) is 1. The van der Waals surface area contributed by atoms with E-state index in [0.29, 0.717) is 5.02 Å². The molecule has 1 saturated carbocycles. The molecule has 1 aliphatic carbocycles. The minimum absolute atomic E-state index is 0.123. The largest absolute Gasteiger partial charge is 0.490 e. The van der Waals surface area contributed by atoms with Gasteiger partial charge < -0.3 is 10.1 Å². The quantitative estimate of drug-likeness (QED) is 0.643. The van der Waals surface area contributed by atoms with E-state index in [1.807, 2.05) is 12.1 Å². The lowest BCUT2D eigenvalue weighted by Crippen LogP contribution is -2.50. The lowest BCUT2D eigenvalue weighted by Gasteiger charge is -2.43. The van der Waals surface area contributed by atoms with E-state index >= 15 is 0 Å². The monoisotopic (exact) mass is 360 g/mol. The Bertz CT molecular complexity index is 816. The maximum Gasteiger partial charge on any atom is 0.311 e. The highest BCUT2D eigenvalue weighted by atomic mass is 35.5. The van der Waals surface area contributed by atoms with Gasteiger partial charge in [-0.3, -0.25) is 14.9 Å². The van der Waals surface area contributed by atoms with E-state index in [9.17, 15) is 14.9 Å². The first-order chi connectivity index (χ1) is 11.9. The van der Waals surface area contributed by atoms with Gasteiger partial charge in [0.05, 0.1) is 17.6 Å². The van der Waals surface area contributed by atoms with Crippen molar-refractivity contribution in [2.24, 2.45) is 0 Å². The van der Waals surface area contributed by atoms with Gasteiger partial charge >= 0.3 is 5.69 Å². The van der Waals surface area contributed by atoms with Crippen LogP contribution in [-0.4, -0.2) is 17.9 Å². The van der Waals surface area contributed by atoms with Crippen molar-refractivity contribution in [3.63, 3.8) is 0 Å². The average molecular weight is 361 g/mol. The van der Waals surface area contributed by atoms with Crippen LogP contribution < -0.4 is 10.1 Å². The first kappa shape index (κ1) is 17.2. The molecule has 0 spiro atoms. The van der Waals surface area contributed by atoms with Crippen molar-refractivity contribution in [1.29, 1.82) is 0 Å². The number of rotatable bonds is 5. The summed E-state index contributed by atoms with van der Waals surface area (Å²) in [6.07, 6.45) is 2.64. The summed E-state index contributed by atoms with van der Waals surface area (Å²) in [7, 11) is 1.35. The first-order valence-corrected chi connectivity index (χ1v) is 8.24. The molecule has 7 heteroatoms. The molecule has 0 aliphatic heterocycles. The summed E-state index contributed by atoms with van der Waals surface area (Å²) in [5.41, 5.74) is 0.535. The molecule has 1 N–H and O–H groups in total. The van der Waals surface area contributed by atoms with E-state index in [0.717, 1.165) is 24.8 Å². The summed E-state index contributed by atoms with van der Waals surface area (Å²) in [5.74, 6) is -0.224. The smallest absolute Gasteiger partial charge is 0.311 e. The lowest BCUT2D eigenvalue weighted by molar-refractivity contribution is -0.385. The van der Waals surface area contributed by atoms with Crippen molar-refractivity contribution in [3.05, 3.63) is 68.7 Å². The number of nitrogens with zero attached hydrogens (tertiary/aromatic N) is 1. The van der Waals surface area contributed by atoms with Gasteiger partial charge in [0.1, 0.15) is 0 Å². The third-order valence-electron chi connectivity index (χ3n) is 4.59. The Hall–Kier alpha value is -2.60. The van der Waals surface area contributed by atoms with Gasteiger partial charge in [-0.25, -0.2) is 0 Å². The molecule has 0 radical (unpaired) electrons. The number of hydrogen-bond donors (Lipinski definition) is 1. The molecule has 25 heavy (non-hydrogen) atoms. The van der Waals surface area contributed by atoms with Crippen molar-refractivity contribution in [2.75, 3.05) is 7.11 Å². The number of halogens is 1. The predicted octanol–water partition coefficient (Wildman–Crippen LogP) is 4.07. The Morgan fingerprint density at radius 2 is 1.92 bits per heavy atom. The number of carbonyl (C=O) groups is 1. The Balaban J connectivity index is 1.87. The standard InChI is InChI=1S/C18H17ClN2O4/c1-25-16-8-3-12(11-15(16)21(23)24)17(22)20-18(9-2-10-18)13-4-6-14(19)7-5-13/h3-8,11H,2,9-10H2,1H3,(H,20,22). The molecule has 2 aromatic carbocycles. The molecular weight excluding hydrogens is 344 g/mol. The summed E-state index contributed by atoms with van der Waals surface area (Å²) in [6.45, 7) is 0. The van der Waals surface area contributed by atoms with Crippen molar-refractivity contribution in [3.8, 4) is 5.75 Å². The Morgan fingerprint density at radius 1 is 1.24 bits per heavy atom. The van der Waals surface area contributed by atoms with Gasteiger partial charge in [0.25, 0.3) is 5.91 Å². The number of amides is 1. The molecular formula is C18H17ClN2O4. The van der Waals surface area contributed by atoms with E-state index < -0.39 is 10.5 Å². The molecule has 6 nitrogen and oxygen atoms in total. The van der Waals surface area contributed by atoms with E-state index in [4.69, 9.17) is 16.3 Å². The fraction of sp³-hybridized carbons (Fsp3) is 0.278. The van der Waals surface area contributed by atoms with Crippen molar-refractivity contribution < 1.29 is 14.5 Å². The zero-order valence-corrected chi connectivity index (χ0v) is 14.4. The maximum absolute atomic E-state index is 12.7. The molecule has 0 atom stereocenters. The fourth-order valence-electron chi connectivity index (χ4n) is 3.05. The van der Waals surface area contributed by atoms with E-state index in [1.54, 1.807) is 12.1 Å². The van der Waals surface area contributed by atoms with Crippen LogP contribution in [0.1, 0.15) is 35.2 Å². The second-order valence-corrected chi connectivity index (χ2v) is 6.48. The van der Waals surface area contributed by atoms with Gasteiger partial charge in [-0.2, -0.15) is 0 Å². The average Bonchev–Trinajstić information content (AvgIpc) is 2.58. The van der Waals surface area contributed by atoms with Crippen LogP contribution in [0.4, 0.5) is 5.69 Å². The minimum atomic E-state index is -0.562. The predicted molar refractivity (Wildman–Crippen MR) is 94.1 cm³/mol. The van der Waals surface area contributed by atoms with Crippen molar-refractivity contribution >= 4 is 23.2 Å². The highest BCUT2D eigenvalue weighted by Gasteiger charge is 2.40. The van der Waals surface area contributed by atoms with Crippen LogP contribution in [0.3, 0.4) is 0 Å². The number of methoxy groups -OCH3 is 1. The van der Waals surface area contributed by atoms with Crippen LogP contribution in [0.15, 0.2) is 42.5 Å². The number of nitro groups is 1. The highest BCUT2D eigenvalue weighted by Crippen LogP contribution is 2.42. The van der Waals surface area contributed by atoms with Crippen LogP contribution in [0.25, 0.3) is 0 Å². The third-order valence-corrected chi connectivity index (χ3v) is 4.85. The van der Waals surface area contributed by atoms with Gasteiger partial charge in [-0.15, -0.1) is 0 Å². The first-order valence-electron chi connectivity index (χ1n) is 7.86. The van der Waals surface area contributed by atoms with Crippen LogP contribution in [0.2, 0.25) is 5.02 Å². The van der Waals surface area contributed by atoms with Gasteiger partial charge in [0, 0.05) is 16.7 Å². The van der Waals surface area contributed by atoms with Crippen molar-refractivity contribution in [1.82, 2.24) is 5.32 Å². The van der Waals surface area contributed by atoms with Crippen molar-refractivity contribution in [2.45, 2.75) is 24.8 Å². The Kier molecular flexibility index (Phi) is 4.63. The number of benzene rings is 2. The molecule has 1 aliphatic rings. The molecule has 2 aromatic rings. The fourth-order valence-corrected chi connectivity index (χ4v) is 3.17. The van der Waals surface area contributed by atoms with Gasteiger partial charge in [0.2, 0.25) is 0 Å². The Labute approximate surface area is 149 Å². The zero-order chi connectivity index (χ0) is 18.0.